The van der Waals surface area contributed by atoms with Crippen molar-refractivity contribution in [2.75, 3.05) is 11.3 Å². The van der Waals surface area contributed by atoms with Crippen molar-refractivity contribution in [3.8, 4) is 22.6 Å². The predicted octanol–water partition coefficient (Wildman–Crippen LogP) is 4.44. The molecule has 0 spiro atoms. The highest BCUT2D eigenvalue weighted by atomic mass is 35.5. The first-order chi connectivity index (χ1) is 16.0. The smallest absolute Gasteiger partial charge is 0.265 e. The standard InChI is InChI=1S/C22H16ClF3N2O5S/c1-10-9-27-22(30)11-4-15(23)21(29)20(5-11)34(31,32)28-18-7-13(16(25)8-17(18)26)14-6-12(24)2-3-19(14)33-10/h2-8,10,28-29H,9H2,1H3,(H,27,30)/t10-/m0/s1. The number of halogens is 4. The summed E-state index contributed by atoms with van der Waals surface area (Å²) in [7, 11) is -4.72. The summed E-state index contributed by atoms with van der Waals surface area (Å²) in [6, 6.07) is 6.42. The fourth-order valence-corrected chi connectivity index (χ4v) is 4.83. The van der Waals surface area contributed by atoms with Gasteiger partial charge in [0.1, 0.15) is 34.2 Å². The van der Waals surface area contributed by atoms with Gasteiger partial charge in [0.2, 0.25) is 0 Å². The number of phenolic OH excluding ortho intramolecular Hbond substituents is 1. The number of ether oxygens (including phenoxy) is 1. The molecule has 0 aliphatic carbocycles. The highest BCUT2D eigenvalue weighted by Gasteiger charge is 2.27. The summed E-state index contributed by atoms with van der Waals surface area (Å²) in [5.41, 5.74) is -1.36. The second kappa shape index (κ2) is 8.73. The molecule has 1 aliphatic rings. The number of hydrogen-bond donors (Lipinski definition) is 3. The summed E-state index contributed by atoms with van der Waals surface area (Å²) in [6.07, 6.45) is -0.699. The third kappa shape index (κ3) is 4.48. The van der Waals surface area contributed by atoms with Gasteiger partial charge < -0.3 is 15.2 Å². The van der Waals surface area contributed by atoms with Gasteiger partial charge in [0.05, 0.1) is 17.3 Å². The van der Waals surface area contributed by atoms with Gasteiger partial charge in [0, 0.05) is 22.8 Å². The predicted molar refractivity (Wildman–Crippen MR) is 118 cm³/mol. The Morgan fingerprint density at radius 1 is 1.06 bits per heavy atom. The molecular weight excluding hydrogens is 497 g/mol. The average molecular weight is 513 g/mol. The van der Waals surface area contributed by atoms with Crippen LogP contribution in [-0.2, 0) is 10.0 Å². The SMILES string of the molecule is C[C@H]1CNC(=O)c2cc(Cl)c(O)c(c2)S(=O)(=O)Nc2cc(c(F)cc2F)-c2cc(F)ccc2O1. The summed E-state index contributed by atoms with van der Waals surface area (Å²) < 4.78 is 76.9. The molecule has 1 atom stereocenters. The van der Waals surface area contributed by atoms with E-state index in [9.17, 15) is 31.5 Å². The third-order valence-electron chi connectivity index (χ3n) is 4.99. The van der Waals surface area contributed by atoms with Crippen LogP contribution >= 0.6 is 11.6 Å². The number of sulfonamides is 1. The zero-order valence-corrected chi connectivity index (χ0v) is 18.9. The number of phenols is 1. The Morgan fingerprint density at radius 2 is 1.79 bits per heavy atom. The van der Waals surface area contributed by atoms with Crippen LogP contribution in [0.4, 0.5) is 18.9 Å². The van der Waals surface area contributed by atoms with Crippen molar-refractivity contribution in [1.29, 1.82) is 0 Å². The Labute approximate surface area is 197 Å². The first kappa shape index (κ1) is 23.7. The minimum absolute atomic E-state index is 0.0126. The molecule has 4 rings (SSSR count). The molecule has 0 aromatic heterocycles. The molecule has 0 radical (unpaired) electrons. The van der Waals surface area contributed by atoms with Gasteiger partial charge in [-0.3, -0.25) is 9.52 Å². The van der Waals surface area contributed by atoms with Gasteiger partial charge in [-0.1, -0.05) is 11.6 Å². The van der Waals surface area contributed by atoms with E-state index in [-0.39, 0.29) is 29.0 Å². The third-order valence-corrected chi connectivity index (χ3v) is 6.66. The van der Waals surface area contributed by atoms with Crippen molar-refractivity contribution in [3.05, 3.63) is 70.5 Å². The van der Waals surface area contributed by atoms with Crippen molar-refractivity contribution >= 4 is 33.2 Å². The monoisotopic (exact) mass is 512 g/mol. The molecule has 1 aliphatic heterocycles. The van der Waals surface area contributed by atoms with E-state index in [0.717, 1.165) is 30.3 Å². The van der Waals surface area contributed by atoms with E-state index in [0.29, 0.717) is 6.07 Å². The van der Waals surface area contributed by atoms with Crippen LogP contribution in [-0.4, -0.2) is 32.1 Å². The molecule has 3 N–H and O–H groups in total. The molecular formula is C22H16ClF3N2O5S. The lowest BCUT2D eigenvalue weighted by molar-refractivity contribution is 0.0932. The Bertz CT molecular complexity index is 1430. The largest absolute Gasteiger partial charge is 0.505 e. The molecule has 178 valence electrons. The van der Waals surface area contributed by atoms with Gasteiger partial charge in [0.15, 0.2) is 5.75 Å². The van der Waals surface area contributed by atoms with Gasteiger partial charge in [-0.15, -0.1) is 0 Å². The zero-order chi connectivity index (χ0) is 24.8. The summed E-state index contributed by atoms with van der Waals surface area (Å²) >= 11 is 5.92. The number of benzene rings is 3. The highest BCUT2D eigenvalue weighted by Crippen LogP contribution is 2.38. The number of fused-ring (bicyclic) bond motifs is 6. The van der Waals surface area contributed by atoms with Gasteiger partial charge in [-0.2, -0.15) is 0 Å². The van der Waals surface area contributed by atoms with E-state index in [1.807, 2.05) is 4.72 Å². The molecule has 1 amide bonds. The molecule has 1 heterocycles. The van der Waals surface area contributed by atoms with E-state index < -0.39 is 60.8 Å². The normalized spacial score (nSPS) is 17.3. The van der Waals surface area contributed by atoms with Crippen LogP contribution in [0.25, 0.3) is 11.1 Å². The van der Waals surface area contributed by atoms with Gasteiger partial charge in [0.25, 0.3) is 15.9 Å². The van der Waals surface area contributed by atoms with Gasteiger partial charge in [-0.25, -0.2) is 21.6 Å². The van der Waals surface area contributed by atoms with Crippen molar-refractivity contribution < 1.29 is 36.2 Å². The maximum atomic E-state index is 14.7. The lowest BCUT2D eigenvalue weighted by atomic mass is 10.0. The Balaban J connectivity index is 1.97. The van der Waals surface area contributed by atoms with Gasteiger partial charge in [-0.05, 0) is 43.3 Å². The summed E-state index contributed by atoms with van der Waals surface area (Å²) in [4.78, 5) is 11.8. The lowest BCUT2D eigenvalue weighted by Gasteiger charge is -2.19. The summed E-state index contributed by atoms with van der Waals surface area (Å²) in [5.74, 6) is -4.72. The van der Waals surface area contributed by atoms with Crippen molar-refractivity contribution in [3.63, 3.8) is 0 Å². The van der Waals surface area contributed by atoms with Crippen LogP contribution in [0.3, 0.4) is 0 Å². The number of nitrogens with one attached hydrogen (secondary N) is 2. The zero-order valence-electron chi connectivity index (χ0n) is 17.3. The second-order valence-corrected chi connectivity index (χ2v) is 9.56. The van der Waals surface area contributed by atoms with Crippen molar-refractivity contribution in [1.82, 2.24) is 5.32 Å². The Morgan fingerprint density at radius 3 is 2.53 bits per heavy atom. The Kier molecular flexibility index (Phi) is 6.09. The van der Waals surface area contributed by atoms with Crippen LogP contribution in [0.1, 0.15) is 17.3 Å². The number of carbonyl (C=O) groups is 1. The topological polar surface area (TPSA) is 105 Å². The van der Waals surface area contributed by atoms with Crippen LogP contribution in [0.15, 0.2) is 47.4 Å². The van der Waals surface area contributed by atoms with E-state index in [2.05, 4.69) is 5.32 Å². The first-order valence-corrected chi connectivity index (χ1v) is 11.6. The number of hydrogen-bond acceptors (Lipinski definition) is 5. The van der Waals surface area contributed by atoms with Crippen LogP contribution in [0.2, 0.25) is 5.02 Å². The Hall–Kier alpha value is -3.44. The molecule has 0 fully saturated rings. The number of rotatable bonds is 0. The molecule has 0 saturated heterocycles. The number of carbonyl (C=O) groups excluding carboxylic acids is 1. The van der Waals surface area contributed by atoms with E-state index in [1.165, 1.54) is 6.07 Å². The van der Waals surface area contributed by atoms with Crippen LogP contribution in [0, 0.1) is 17.5 Å². The fraction of sp³-hybridized carbons (Fsp3) is 0.136. The number of amides is 1. The van der Waals surface area contributed by atoms with E-state index in [4.69, 9.17) is 16.3 Å². The first-order valence-electron chi connectivity index (χ1n) is 9.75. The molecule has 3 aromatic rings. The van der Waals surface area contributed by atoms with Crippen LogP contribution in [0.5, 0.6) is 11.5 Å². The maximum absolute atomic E-state index is 14.7. The lowest BCUT2D eigenvalue weighted by Crippen LogP contribution is -2.33. The fourth-order valence-electron chi connectivity index (χ4n) is 3.36. The van der Waals surface area contributed by atoms with E-state index in [1.54, 1.807) is 6.92 Å². The van der Waals surface area contributed by atoms with Gasteiger partial charge >= 0.3 is 0 Å². The summed E-state index contributed by atoms with van der Waals surface area (Å²) in [6.45, 7) is 1.50. The van der Waals surface area contributed by atoms with E-state index >= 15 is 0 Å². The maximum Gasteiger partial charge on any atom is 0.265 e. The quantitative estimate of drug-likeness (QED) is 0.413. The molecule has 34 heavy (non-hydrogen) atoms. The molecule has 3 aromatic carbocycles. The van der Waals surface area contributed by atoms with Crippen molar-refractivity contribution in [2.24, 2.45) is 0 Å². The number of aromatic hydroxyl groups is 1. The number of anilines is 1. The molecule has 4 bridgehead atoms. The van der Waals surface area contributed by atoms with Crippen LogP contribution < -0.4 is 14.8 Å². The summed E-state index contributed by atoms with van der Waals surface area (Å²) in [5, 5.41) is 12.3. The molecule has 12 heteroatoms. The minimum Gasteiger partial charge on any atom is -0.505 e. The molecule has 7 nitrogen and oxygen atoms in total. The minimum atomic E-state index is -4.72. The van der Waals surface area contributed by atoms with Crippen molar-refractivity contribution in [2.45, 2.75) is 17.9 Å². The molecule has 0 saturated carbocycles. The second-order valence-electron chi connectivity index (χ2n) is 7.50. The highest BCUT2D eigenvalue weighted by molar-refractivity contribution is 7.92. The average Bonchev–Trinajstić information content (AvgIpc) is 2.76. The molecule has 0 unspecified atom stereocenters.